The number of rotatable bonds is 6. The van der Waals surface area contributed by atoms with Gasteiger partial charge in [-0.1, -0.05) is 17.5 Å². The van der Waals surface area contributed by atoms with Crippen molar-refractivity contribution in [1.29, 1.82) is 0 Å². The van der Waals surface area contributed by atoms with Crippen molar-refractivity contribution in [3.8, 4) is 23.3 Å². The van der Waals surface area contributed by atoms with E-state index in [1.165, 1.54) is 11.8 Å². The zero-order valence-corrected chi connectivity index (χ0v) is 14.1. The number of carbonyl (C=O) groups is 1. The minimum Gasteiger partial charge on any atom is -0.481 e. The van der Waals surface area contributed by atoms with Crippen LogP contribution in [-0.4, -0.2) is 18.3 Å². The fraction of sp³-hybridized carbons (Fsp3) is 0.167. The highest BCUT2D eigenvalue weighted by atomic mass is 35.5. The summed E-state index contributed by atoms with van der Waals surface area (Å²) in [5, 5.41) is 0.603. The van der Waals surface area contributed by atoms with Gasteiger partial charge in [-0.15, -0.1) is 17.7 Å². The van der Waals surface area contributed by atoms with E-state index in [-0.39, 0.29) is 11.7 Å². The SMILES string of the molecule is CC#CCOc1ccc(SCC(=O)Oc2ccc(Cl)cc2)cc1. The molecule has 0 radical (unpaired) electrons. The molecule has 0 bridgehead atoms. The lowest BCUT2D eigenvalue weighted by molar-refractivity contribution is -0.131. The highest BCUT2D eigenvalue weighted by Crippen LogP contribution is 2.22. The zero-order valence-electron chi connectivity index (χ0n) is 12.5. The second-order valence-corrected chi connectivity index (χ2v) is 5.89. The lowest BCUT2D eigenvalue weighted by Crippen LogP contribution is -2.10. The van der Waals surface area contributed by atoms with Crippen LogP contribution in [0.4, 0.5) is 0 Å². The van der Waals surface area contributed by atoms with Gasteiger partial charge in [-0.05, 0) is 55.5 Å². The Kier molecular flexibility index (Phi) is 6.86. The molecule has 2 rings (SSSR count). The van der Waals surface area contributed by atoms with E-state index < -0.39 is 0 Å². The van der Waals surface area contributed by atoms with Gasteiger partial charge in [-0.2, -0.15) is 0 Å². The second-order valence-electron chi connectivity index (χ2n) is 4.40. The molecule has 118 valence electrons. The Morgan fingerprint density at radius 3 is 2.39 bits per heavy atom. The normalized spacial score (nSPS) is 9.65. The van der Waals surface area contributed by atoms with Gasteiger partial charge < -0.3 is 9.47 Å². The van der Waals surface area contributed by atoms with Crippen molar-refractivity contribution in [3.63, 3.8) is 0 Å². The summed E-state index contributed by atoms with van der Waals surface area (Å²) in [4.78, 5) is 12.8. The lowest BCUT2D eigenvalue weighted by atomic mass is 10.3. The summed E-state index contributed by atoms with van der Waals surface area (Å²) >= 11 is 7.18. The van der Waals surface area contributed by atoms with Crippen molar-refractivity contribution >= 4 is 29.3 Å². The molecule has 0 saturated carbocycles. The molecular formula is C18H15ClO3S. The summed E-state index contributed by atoms with van der Waals surface area (Å²) in [7, 11) is 0. The standard InChI is InChI=1S/C18H15ClO3S/c1-2-3-12-21-15-8-10-17(11-9-15)23-13-18(20)22-16-6-4-14(19)5-7-16/h4-11H,12-13H2,1H3. The van der Waals surface area contributed by atoms with E-state index in [4.69, 9.17) is 21.1 Å². The molecule has 3 nitrogen and oxygen atoms in total. The van der Waals surface area contributed by atoms with E-state index in [2.05, 4.69) is 11.8 Å². The third-order valence-electron chi connectivity index (χ3n) is 2.71. The van der Waals surface area contributed by atoms with Crippen LogP contribution in [0.1, 0.15) is 6.92 Å². The smallest absolute Gasteiger partial charge is 0.321 e. The fourth-order valence-corrected chi connectivity index (χ4v) is 2.43. The minimum absolute atomic E-state index is 0.226. The van der Waals surface area contributed by atoms with Crippen LogP contribution in [0, 0.1) is 11.8 Å². The number of halogens is 1. The van der Waals surface area contributed by atoms with Crippen LogP contribution in [0.25, 0.3) is 0 Å². The third-order valence-corrected chi connectivity index (χ3v) is 3.95. The molecule has 23 heavy (non-hydrogen) atoms. The van der Waals surface area contributed by atoms with Gasteiger partial charge in [-0.3, -0.25) is 4.79 Å². The van der Waals surface area contributed by atoms with Crippen LogP contribution < -0.4 is 9.47 Å². The molecule has 0 aliphatic carbocycles. The van der Waals surface area contributed by atoms with E-state index in [1.54, 1.807) is 31.2 Å². The average molecular weight is 347 g/mol. The molecule has 2 aromatic rings. The fourth-order valence-electron chi connectivity index (χ4n) is 1.63. The Balaban J connectivity index is 1.79. The maximum atomic E-state index is 11.8. The predicted octanol–water partition coefficient (Wildman–Crippen LogP) is 4.44. The highest BCUT2D eigenvalue weighted by molar-refractivity contribution is 8.00. The first-order valence-corrected chi connectivity index (χ1v) is 8.25. The molecule has 0 heterocycles. The van der Waals surface area contributed by atoms with Crippen LogP contribution in [0.3, 0.4) is 0 Å². The molecule has 0 N–H and O–H groups in total. The Morgan fingerprint density at radius 1 is 1.09 bits per heavy atom. The molecule has 0 aliphatic rings. The van der Waals surface area contributed by atoms with Gasteiger partial charge in [0.2, 0.25) is 0 Å². The molecular weight excluding hydrogens is 332 g/mol. The number of ether oxygens (including phenoxy) is 2. The quantitative estimate of drug-likeness (QED) is 0.335. The molecule has 0 unspecified atom stereocenters. The summed E-state index contributed by atoms with van der Waals surface area (Å²) in [6.45, 7) is 2.14. The monoisotopic (exact) mass is 346 g/mol. The Morgan fingerprint density at radius 2 is 1.74 bits per heavy atom. The van der Waals surface area contributed by atoms with Gasteiger partial charge in [0, 0.05) is 9.92 Å². The summed E-state index contributed by atoms with van der Waals surface area (Å²) in [6, 6.07) is 14.2. The van der Waals surface area contributed by atoms with Crippen molar-refractivity contribution in [2.75, 3.05) is 12.4 Å². The van der Waals surface area contributed by atoms with Crippen molar-refractivity contribution in [3.05, 3.63) is 53.6 Å². The Hall–Kier alpha value is -2.09. The lowest BCUT2D eigenvalue weighted by Gasteiger charge is -2.06. The molecule has 0 saturated heterocycles. The number of benzene rings is 2. The van der Waals surface area contributed by atoms with Gasteiger partial charge in [0.15, 0.2) is 0 Å². The molecule has 0 atom stereocenters. The minimum atomic E-state index is -0.309. The summed E-state index contributed by atoms with van der Waals surface area (Å²) in [5.74, 6) is 6.75. The van der Waals surface area contributed by atoms with E-state index in [1.807, 2.05) is 24.3 Å². The van der Waals surface area contributed by atoms with Crippen LogP contribution in [0.2, 0.25) is 5.02 Å². The largest absolute Gasteiger partial charge is 0.481 e. The van der Waals surface area contributed by atoms with E-state index in [0.29, 0.717) is 17.4 Å². The molecule has 0 aromatic heterocycles. The van der Waals surface area contributed by atoms with Crippen LogP contribution in [-0.2, 0) is 4.79 Å². The number of carbonyl (C=O) groups excluding carboxylic acids is 1. The number of hydrogen-bond donors (Lipinski definition) is 0. The first kappa shape index (κ1) is 17.3. The van der Waals surface area contributed by atoms with Crippen LogP contribution in [0.5, 0.6) is 11.5 Å². The molecule has 0 fully saturated rings. The maximum Gasteiger partial charge on any atom is 0.321 e. The number of hydrogen-bond acceptors (Lipinski definition) is 4. The summed E-state index contributed by atoms with van der Waals surface area (Å²) in [6.07, 6.45) is 0. The number of thioether (sulfide) groups is 1. The van der Waals surface area contributed by atoms with Crippen molar-refractivity contribution < 1.29 is 14.3 Å². The maximum absolute atomic E-state index is 11.8. The second kappa shape index (κ2) is 9.14. The molecule has 5 heteroatoms. The van der Waals surface area contributed by atoms with Gasteiger partial charge in [0.1, 0.15) is 18.1 Å². The van der Waals surface area contributed by atoms with Crippen LogP contribution >= 0.6 is 23.4 Å². The summed E-state index contributed by atoms with van der Waals surface area (Å²) < 4.78 is 10.7. The van der Waals surface area contributed by atoms with Crippen molar-refractivity contribution in [2.24, 2.45) is 0 Å². The third kappa shape index (κ3) is 6.27. The Labute approximate surface area is 144 Å². The first-order valence-electron chi connectivity index (χ1n) is 6.89. The zero-order chi connectivity index (χ0) is 16.5. The van der Waals surface area contributed by atoms with Gasteiger partial charge >= 0.3 is 5.97 Å². The number of esters is 1. The van der Waals surface area contributed by atoms with E-state index in [9.17, 15) is 4.79 Å². The predicted molar refractivity (Wildman–Crippen MR) is 93.2 cm³/mol. The van der Waals surface area contributed by atoms with Gasteiger partial charge in [0.25, 0.3) is 0 Å². The van der Waals surface area contributed by atoms with Gasteiger partial charge in [-0.25, -0.2) is 0 Å². The Bertz CT molecular complexity index is 700. The van der Waals surface area contributed by atoms with E-state index >= 15 is 0 Å². The van der Waals surface area contributed by atoms with Crippen molar-refractivity contribution in [2.45, 2.75) is 11.8 Å². The van der Waals surface area contributed by atoms with E-state index in [0.717, 1.165) is 10.6 Å². The van der Waals surface area contributed by atoms with Gasteiger partial charge in [0.05, 0.1) is 5.75 Å². The molecule has 0 aliphatic heterocycles. The van der Waals surface area contributed by atoms with Crippen molar-refractivity contribution in [1.82, 2.24) is 0 Å². The highest BCUT2D eigenvalue weighted by Gasteiger charge is 2.06. The topological polar surface area (TPSA) is 35.5 Å². The molecule has 2 aromatic carbocycles. The van der Waals surface area contributed by atoms with Crippen LogP contribution in [0.15, 0.2) is 53.4 Å². The first-order chi connectivity index (χ1) is 11.2. The average Bonchev–Trinajstić information content (AvgIpc) is 2.56. The molecule has 0 spiro atoms. The molecule has 0 amide bonds. The summed E-state index contributed by atoms with van der Waals surface area (Å²) in [5.41, 5.74) is 0.